The Morgan fingerprint density at radius 1 is 1.25 bits per heavy atom. The van der Waals surface area contributed by atoms with Crippen LogP contribution >= 0.6 is 0 Å². The van der Waals surface area contributed by atoms with Crippen LogP contribution in [0.15, 0.2) is 0 Å². The third-order valence-electron chi connectivity index (χ3n) is 1.07. The summed E-state index contributed by atoms with van der Waals surface area (Å²) in [5.74, 6) is 0. The molecule has 12 heavy (non-hydrogen) atoms. The molecule has 0 aliphatic heterocycles. The highest BCUT2D eigenvalue weighted by molar-refractivity contribution is 4.37. The first-order chi connectivity index (χ1) is 5.81. The van der Waals surface area contributed by atoms with Gasteiger partial charge in [-0.1, -0.05) is 0 Å². The fraction of sp³-hybridized carbons (Fsp3) is 1.00. The lowest BCUT2D eigenvalue weighted by molar-refractivity contribution is -0.303. The van der Waals surface area contributed by atoms with Crippen LogP contribution in [0.1, 0.15) is 13.3 Å². The minimum absolute atomic E-state index is 0.0754. The van der Waals surface area contributed by atoms with E-state index in [0.29, 0.717) is 13.0 Å². The fourth-order valence-corrected chi connectivity index (χ4v) is 0.580. The van der Waals surface area contributed by atoms with Crippen molar-refractivity contribution in [3.63, 3.8) is 0 Å². The molecule has 0 aliphatic rings. The van der Waals surface area contributed by atoms with Gasteiger partial charge in [0, 0.05) is 13.0 Å². The van der Waals surface area contributed by atoms with Gasteiger partial charge in [-0.15, -0.1) is 0 Å². The van der Waals surface area contributed by atoms with Crippen molar-refractivity contribution in [3.8, 4) is 0 Å². The van der Waals surface area contributed by atoms with E-state index in [2.05, 4.69) is 9.78 Å². The van der Waals surface area contributed by atoms with E-state index in [0.717, 1.165) is 0 Å². The number of hydrogen-bond acceptors (Lipinski definition) is 5. The summed E-state index contributed by atoms with van der Waals surface area (Å²) < 4.78 is 4.82. The molecule has 0 aliphatic carbocycles. The Kier molecular flexibility index (Phi) is 8.74. The molecule has 0 radical (unpaired) electrons. The smallest absolute Gasteiger partial charge is 0.156 e. The zero-order valence-corrected chi connectivity index (χ0v) is 7.23. The zero-order chi connectivity index (χ0) is 9.23. The summed E-state index contributed by atoms with van der Waals surface area (Å²) in [5, 5.41) is 17.3. The molecule has 0 fully saturated rings. The molecule has 2 N–H and O–H groups in total. The minimum Gasteiger partial charge on any atom is -0.394 e. The van der Waals surface area contributed by atoms with Gasteiger partial charge in [0.25, 0.3) is 0 Å². The molecule has 5 heteroatoms. The van der Waals surface area contributed by atoms with Crippen molar-refractivity contribution >= 4 is 0 Å². The largest absolute Gasteiger partial charge is 0.394 e. The molecule has 0 saturated heterocycles. The molecule has 0 aromatic carbocycles. The highest BCUT2D eigenvalue weighted by atomic mass is 17.2. The van der Waals surface area contributed by atoms with Crippen LogP contribution in [0.5, 0.6) is 0 Å². The van der Waals surface area contributed by atoms with Crippen LogP contribution in [0.25, 0.3) is 0 Å². The van der Waals surface area contributed by atoms with Crippen LogP contribution in [-0.2, 0) is 14.5 Å². The van der Waals surface area contributed by atoms with E-state index < -0.39 is 6.29 Å². The molecule has 0 amide bonds. The number of aliphatic hydroxyl groups is 2. The first kappa shape index (κ1) is 11.8. The van der Waals surface area contributed by atoms with Crippen molar-refractivity contribution < 1.29 is 24.7 Å². The van der Waals surface area contributed by atoms with E-state index in [1.807, 2.05) is 0 Å². The Bertz CT molecular complexity index is 87.9. The fourth-order valence-electron chi connectivity index (χ4n) is 0.580. The maximum absolute atomic E-state index is 9.00. The van der Waals surface area contributed by atoms with E-state index in [-0.39, 0.29) is 19.8 Å². The predicted molar refractivity (Wildman–Crippen MR) is 41.2 cm³/mol. The number of aliphatic hydroxyl groups excluding tert-OH is 2. The summed E-state index contributed by atoms with van der Waals surface area (Å²) in [6.45, 7) is 2.59. The molecule has 0 bridgehead atoms. The SMILES string of the molecule is CCOC(O)CCOOCCO. The molecule has 0 aromatic rings. The first-order valence-electron chi connectivity index (χ1n) is 3.96. The van der Waals surface area contributed by atoms with Crippen LogP contribution in [0.2, 0.25) is 0 Å². The van der Waals surface area contributed by atoms with E-state index >= 15 is 0 Å². The molecule has 74 valence electrons. The van der Waals surface area contributed by atoms with Crippen molar-refractivity contribution in [2.75, 3.05) is 26.4 Å². The summed E-state index contributed by atoms with van der Waals surface area (Å²) >= 11 is 0. The van der Waals surface area contributed by atoms with E-state index in [4.69, 9.17) is 14.9 Å². The Morgan fingerprint density at radius 3 is 2.50 bits per heavy atom. The molecule has 1 atom stereocenters. The third kappa shape index (κ3) is 7.90. The second-order valence-electron chi connectivity index (χ2n) is 2.07. The molecule has 5 nitrogen and oxygen atoms in total. The Labute approximate surface area is 71.8 Å². The molecule has 0 spiro atoms. The second kappa shape index (κ2) is 8.89. The average Bonchev–Trinajstić information content (AvgIpc) is 2.05. The average molecular weight is 180 g/mol. The molecular weight excluding hydrogens is 164 g/mol. The van der Waals surface area contributed by atoms with Crippen LogP contribution in [0.3, 0.4) is 0 Å². The topological polar surface area (TPSA) is 68.2 Å². The van der Waals surface area contributed by atoms with Gasteiger partial charge >= 0.3 is 0 Å². The Balaban J connectivity index is 2.97. The standard InChI is InChI=1S/C7H16O5/c1-2-10-7(9)3-5-11-12-6-4-8/h7-9H,2-6H2,1H3. The Hall–Kier alpha value is -0.200. The molecule has 0 rings (SSSR count). The third-order valence-corrected chi connectivity index (χ3v) is 1.07. The van der Waals surface area contributed by atoms with Gasteiger partial charge < -0.3 is 14.9 Å². The van der Waals surface area contributed by atoms with E-state index in [9.17, 15) is 0 Å². The van der Waals surface area contributed by atoms with Gasteiger partial charge in [0.15, 0.2) is 6.29 Å². The van der Waals surface area contributed by atoms with E-state index in [1.165, 1.54) is 0 Å². The van der Waals surface area contributed by atoms with Crippen LogP contribution in [-0.4, -0.2) is 42.9 Å². The molecule has 0 aromatic heterocycles. The van der Waals surface area contributed by atoms with Crippen molar-refractivity contribution in [1.29, 1.82) is 0 Å². The number of hydrogen-bond donors (Lipinski definition) is 2. The zero-order valence-electron chi connectivity index (χ0n) is 7.23. The van der Waals surface area contributed by atoms with Crippen LogP contribution in [0, 0.1) is 0 Å². The number of rotatable bonds is 8. The van der Waals surface area contributed by atoms with Crippen LogP contribution in [0.4, 0.5) is 0 Å². The highest BCUT2D eigenvalue weighted by Gasteiger charge is 2.01. The summed E-state index contributed by atoms with van der Waals surface area (Å²) in [4.78, 5) is 9.09. The quantitative estimate of drug-likeness (QED) is 0.232. The maximum atomic E-state index is 9.00. The van der Waals surface area contributed by atoms with E-state index in [1.54, 1.807) is 6.92 Å². The van der Waals surface area contributed by atoms with Crippen molar-refractivity contribution in [2.45, 2.75) is 19.6 Å². The maximum Gasteiger partial charge on any atom is 0.156 e. The normalized spacial score (nSPS) is 13.2. The molecule has 0 saturated carbocycles. The minimum atomic E-state index is -0.798. The van der Waals surface area contributed by atoms with Gasteiger partial charge in [0.1, 0.15) is 6.61 Å². The number of ether oxygens (including phenoxy) is 1. The Morgan fingerprint density at radius 2 is 1.92 bits per heavy atom. The summed E-state index contributed by atoms with van der Waals surface area (Å²) in [5.41, 5.74) is 0. The van der Waals surface area contributed by atoms with Gasteiger partial charge in [-0.3, -0.25) is 0 Å². The predicted octanol–water partition coefficient (Wildman–Crippen LogP) is -0.328. The first-order valence-corrected chi connectivity index (χ1v) is 3.96. The lowest BCUT2D eigenvalue weighted by Gasteiger charge is -2.09. The highest BCUT2D eigenvalue weighted by Crippen LogP contribution is 1.94. The lowest BCUT2D eigenvalue weighted by Crippen LogP contribution is -2.15. The summed E-state index contributed by atoms with van der Waals surface area (Å²) in [6.07, 6.45) is -0.438. The van der Waals surface area contributed by atoms with Crippen molar-refractivity contribution in [3.05, 3.63) is 0 Å². The summed E-state index contributed by atoms with van der Waals surface area (Å²) in [7, 11) is 0. The second-order valence-corrected chi connectivity index (χ2v) is 2.07. The van der Waals surface area contributed by atoms with Gasteiger partial charge in [-0.05, 0) is 6.92 Å². The summed E-state index contributed by atoms with van der Waals surface area (Å²) in [6, 6.07) is 0. The molecular formula is C7H16O5. The lowest BCUT2D eigenvalue weighted by atomic mass is 10.4. The molecule has 0 heterocycles. The van der Waals surface area contributed by atoms with Crippen LogP contribution < -0.4 is 0 Å². The van der Waals surface area contributed by atoms with Gasteiger partial charge in [0.05, 0.1) is 13.2 Å². The van der Waals surface area contributed by atoms with Crippen molar-refractivity contribution in [2.24, 2.45) is 0 Å². The monoisotopic (exact) mass is 180 g/mol. The molecule has 1 unspecified atom stereocenters. The van der Waals surface area contributed by atoms with Gasteiger partial charge in [-0.25, -0.2) is 9.78 Å². The van der Waals surface area contributed by atoms with Gasteiger partial charge in [0.2, 0.25) is 0 Å². The van der Waals surface area contributed by atoms with Gasteiger partial charge in [-0.2, -0.15) is 0 Å². The van der Waals surface area contributed by atoms with Crippen molar-refractivity contribution in [1.82, 2.24) is 0 Å².